The van der Waals surface area contributed by atoms with E-state index in [1.807, 2.05) is 48.5 Å². The molecule has 0 fully saturated rings. The minimum Gasteiger partial charge on any atom is -0.478 e. The van der Waals surface area contributed by atoms with Crippen LogP contribution in [0.15, 0.2) is 77.7 Å². The van der Waals surface area contributed by atoms with Gasteiger partial charge in [-0.25, -0.2) is 4.79 Å². The van der Waals surface area contributed by atoms with Crippen molar-refractivity contribution in [1.82, 2.24) is 0 Å². The summed E-state index contributed by atoms with van der Waals surface area (Å²) in [6, 6.07) is 21.4. The van der Waals surface area contributed by atoms with E-state index in [4.69, 9.17) is 5.11 Å². The summed E-state index contributed by atoms with van der Waals surface area (Å²) >= 11 is 1.33. The van der Waals surface area contributed by atoms with E-state index in [0.29, 0.717) is 11.4 Å². The van der Waals surface area contributed by atoms with Gasteiger partial charge in [0.25, 0.3) is 0 Å². The zero-order valence-electron chi connectivity index (χ0n) is 16.9. The molecule has 0 spiro atoms. The number of benzene rings is 3. The standard InChI is InChI=1S/C24H22N2O4S/c1-16-10-11-18(24(29)30)13-21(16)26-23(28)15-31-20-9-5-8-19(14-20)25-22(27)12-17-6-3-2-4-7-17/h2-11,13-14H,12,15H2,1H3,(H,25,27)(H,26,28)(H,29,30). The van der Waals surface area contributed by atoms with Gasteiger partial charge in [-0.05, 0) is 48.4 Å². The molecule has 0 aliphatic heterocycles. The SMILES string of the molecule is Cc1ccc(C(=O)O)cc1NC(=O)CSc1cccc(NC(=O)Cc2ccccc2)c1. The van der Waals surface area contributed by atoms with Gasteiger partial charge in [0.05, 0.1) is 17.7 Å². The maximum absolute atomic E-state index is 12.3. The first-order valence-corrected chi connectivity index (χ1v) is 10.6. The lowest BCUT2D eigenvalue weighted by atomic mass is 10.1. The number of anilines is 2. The number of amides is 2. The Balaban J connectivity index is 1.55. The van der Waals surface area contributed by atoms with E-state index in [-0.39, 0.29) is 29.6 Å². The third kappa shape index (κ3) is 6.72. The Morgan fingerprint density at radius 3 is 2.39 bits per heavy atom. The molecule has 158 valence electrons. The Labute approximate surface area is 184 Å². The lowest BCUT2D eigenvalue weighted by Gasteiger charge is -2.10. The number of hydrogen-bond acceptors (Lipinski definition) is 4. The van der Waals surface area contributed by atoms with Crippen LogP contribution in [0, 0.1) is 6.92 Å². The Hall–Kier alpha value is -3.58. The Bertz CT molecular complexity index is 1100. The molecule has 31 heavy (non-hydrogen) atoms. The summed E-state index contributed by atoms with van der Waals surface area (Å²) in [4.78, 5) is 36.5. The largest absolute Gasteiger partial charge is 0.478 e. The molecule has 3 rings (SSSR count). The van der Waals surface area contributed by atoms with Crippen molar-refractivity contribution in [2.75, 3.05) is 16.4 Å². The number of carboxylic acids is 1. The van der Waals surface area contributed by atoms with Crippen molar-refractivity contribution in [3.63, 3.8) is 0 Å². The van der Waals surface area contributed by atoms with Crippen molar-refractivity contribution in [2.24, 2.45) is 0 Å². The summed E-state index contributed by atoms with van der Waals surface area (Å²) < 4.78 is 0. The monoisotopic (exact) mass is 434 g/mol. The Morgan fingerprint density at radius 2 is 1.65 bits per heavy atom. The van der Waals surface area contributed by atoms with Crippen LogP contribution in [0.4, 0.5) is 11.4 Å². The first-order chi connectivity index (χ1) is 14.9. The van der Waals surface area contributed by atoms with E-state index in [2.05, 4.69) is 10.6 Å². The van der Waals surface area contributed by atoms with Gasteiger partial charge >= 0.3 is 5.97 Å². The smallest absolute Gasteiger partial charge is 0.335 e. The number of aromatic carboxylic acids is 1. The van der Waals surface area contributed by atoms with Crippen LogP contribution in [0.1, 0.15) is 21.5 Å². The second kappa shape index (κ2) is 10.4. The van der Waals surface area contributed by atoms with Crippen molar-refractivity contribution >= 4 is 40.9 Å². The fourth-order valence-corrected chi connectivity index (χ4v) is 3.63. The van der Waals surface area contributed by atoms with Gasteiger partial charge in [-0.3, -0.25) is 9.59 Å². The van der Waals surface area contributed by atoms with E-state index < -0.39 is 5.97 Å². The van der Waals surface area contributed by atoms with Gasteiger partial charge in [0.1, 0.15) is 0 Å². The molecule has 0 aliphatic carbocycles. The van der Waals surface area contributed by atoms with Crippen LogP contribution in [0.25, 0.3) is 0 Å². The number of carbonyl (C=O) groups excluding carboxylic acids is 2. The van der Waals surface area contributed by atoms with E-state index >= 15 is 0 Å². The molecule has 3 aromatic carbocycles. The number of thioether (sulfide) groups is 1. The number of carboxylic acid groups (broad SMARTS) is 1. The normalized spacial score (nSPS) is 10.4. The minimum atomic E-state index is -1.05. The number of hydrogen-bond donors (Lipinski definition) is 3. The molecule has 2 amide bonds. The zero-order chi connectivity index (χ0) is 22.2. The van der Waals surface area contributed by atoms with Gasteiger partial charge < -0.3 is 15.7 Å². The molecular formula is C24H22N2O4S. The molecule has 0 saturated heterocycles. The van der Waals surface area contributed by atoms with Crippen molar-refractivity contribution in [3.8, 4) is 0 Å². The highest BCUT2D eigenvalue weighted by Crippen LogP contribution is 2.23. The van der Waals surface area contributed by atoms with Gasteiger partial charge in [-0.15, -0.1) is 11.8 Å². The Kier molecular flexibility index (Phi) is 7.45. The van der Waals surface area contributed by atoms with E-state index in [1.165, 1.54) is 23.9 Å². The summed E-state index contributed by atoms with van der Waals surface area (Å²) in [7, 11) is 0. The van der Waals surface area contributed by atoms with Crippen LogP contribution in [-0.4, -0.2) is 28.6 Å². The maximum Gasteiger partial charge on any atom is 0.335 e. The summed E-state index contributed by atoms with van der Waals surface area (Å²) in [5, 5.41) is 14.7. The molecule has 7 heteroatoms. The van der Waals surface area contributed by atoms with E-state index in [0.717, 1.165) is 16.0 Å². The fraction of sp³-hybridized carbons (Fsp3) is 0.125. The van der Waals surface area contributed by atoms with Crippen LogP contribution in [0.3, 0.4) is 0 Å². The summed E-state index contributed by atoms with van der Waals surface area (Å²) in [5.41, 5.74) is 2.98. The fourth-order valence-electron chi connectivity index (χ4n) is 2.87. The molecule has 0 heterocycles. The average molecular weight is 435 g/mol. The molecule has 0 aliphatic rings. The van der Waals surface area contributed by atoms with Gasteiger partial charge in [0.2, 0.25) is 11.8 Å². The number of nitrogens with one attached hydrogen (secondary N) is 2. The summed E-state index contributed by atoms with van der Waals surface area (Å²) in [6.07, 6.45) is 0.287. The van der Waals surface area contributed by atoms with Gasteiger partial charge in [0.15, 0.2) is 0 Å². The molecule has 0 unspecified atom stereocenters. The molecule has 6 nitrogen and oxygen atoms in total. The molecule has 0 radical (unpaired) electrons. The van der Waals surface area contributed by atoms with Crippen molar-refractivity contribution in [1.29, 1.82) is 0 Å². The molecule has 3 aromatic rings. The molecule has 0 saturated carbocycles. The van der Waals surface area contributed by atoms with Gasteiger partial charge in [-0.2, -0.15) is 0 Å². The van der Waals surface area contributed by atoms with Gasteiger partial charge in [-0.1, -0.05) is 42.5 Å². The van der Waals surface area contributed by atoms with Crippen LogP contribution in [0.2, 0.25) is 0 Å². The first kappa shape index (κ1) is 22.1. The molecular weight excluding hydrogens is 412 g/mol. The molecule has 0 aromatic heterocycles. The van der Waals surface area contributed by atoms with E-state index in [1.54, 1.807) is 19.1 Å². The summed E-state index contributed by atoms with van der Waals surface area (Å²) in [5.74, 6) is -1.25. The number of carbonyl (C=O) groups is 3. The van der Waals surface area contributed by atoms with Crippen LogP contribution in [-0.2, 0) is 16.0 Å². The first-order valence-electron chi connectivity index (χ1n) is 9.61. The quantitative estimate of drug-likeness (QED) is 0.450. The number of aryl methyl sites for hydroxylation is 1. The average Bonchev–Trinajstić information content (AvgIpc) is 2.74. The highest BCUT2D eigenvalue weighted by atomic mass is 32.2. The third-order valence-corrected chi connectivity index (χ3v) is 5.45. The minimum absolute atomic E-state index is 0.111. The molecule has 0 atom stereocenters. The van der Waals surface area contributed by atoms with Gasteiger partial charge in [0, 0.05) is 16.3 Å². The lowest BCUT2D eigenvalue weighted by molar-refractivity contribution is -0.115. The predicted molar refractivity (Wildman–Crippen MR) is 123 cm³/mol. The Morgan fingerprint density at radius 1 is 0.871 bits per heavy atom. The molecule has 0 bridgehead atoms. The lowest BCUT2D eigenvalue weighted by Crippen LogP contribution is -2.15. The summed E-state index contributed by atoms with van der Waals surface area (Å²) in [6.45, 7) is 1.80. The van der Waals surface area contributed by atoms with Crippen molar-refractivity contribution in [3.05, 3.63) is 89.5 Å². The zero-order valence-corrected chi connectivity index (χ0v) is 17.7. The second-order valence-electron chi connectivity index (χ2n) is 6.91. The van der Waals surface area contributed by atoms with Crippen LogP contribution < -0.4 is 10.6 Å². The topological polar surface area (TPSA) is 95.5 Å². The predicted octanol–water partition coefficient (Wildman–Crippen LogP) is 4.61. The van der Waals surface area contributed by atoms with Crippen molar-refractivity contribution in [2.45, 2.75) is 18.2 Å². The van der Waals surface area contributed by atoms with Crippen molar-refractivity contribution < 1.29 is 19.5 Å². The molecule has 3 N–H and O–H groups in total. The highest BCUT2D eigenvalue weighted by Gasteiger charge is 2.10. The number of rotatable bonds is 8. The highest BCUT2D eigenvalue weighted by molar-refractivity contribution is 8.00. The third-order valence-electron chi connectivity index (χ3n) is 4.45. The maximum atomic E-state index is 12.3. The van der Waals surface area contributed by atoms with E-state index in [9.17, 15) is 14.4 Å². The van der Waals surface area contributed by atoms with Crippen LogP contribution in [0.5, 0.6) is 0 Å². The second-order valence-corrected chi connectivity index (χ2v) is 7.96. The van der Waals surface area contributed by atoms with Crippen LogP contribution >= 0.6 is 11.8 Å².